The van der Waals surface area contributed by atoms with Crippen molar-refractivity contribution in [2.24, 2.45) is 5.10 Å². The van der Waals surface area contributed by atoms with Gasteiger partial charge < -0.3 is 9.84 Å². The van der Waals surface area contributed by atoms with Gasteiger partial charge in [-0.2, -0.15) is 5.10 Å². The Kier molecular flexibility index (Phi) is 6.08. The Bertz CT molecular complexity index is 651. The average molecular weight is 331 g/mol. The highest BCUT2D eigenvalue weighted by Crippen LogP contribution is 2.20. The summed E-state index contributed by atoms with van der Waals surface area (Å²) in [5.74, 6) is -1.16. The van der Waals surface area contributed by atoms with E-state index in [2.05, 4.69) is 10.5 Å². The summed E-state index contributed by atoms with van der Waals surface area (Å²) in [6, 6.07) is 9.64. The molecule has 1 aromatic carbocycles. The number of carbonyl (C=O) groups is 2. The summed E-state index contributed by atoms with van der Waals surface area (Å²) in [5, 5.41) is 13.2. The average Bonchev–Trinajstić information content (AvgIpc) is 3.31. The van der Waals surface area contributed by atoms with Gasteiger partial charge in [-0.1, -0.05) is 30.3 Å². The van der Waals surface area contributed by atoms with Gasteiger partial charge in [-0.15, -0.1) is 0 Å². The highest BCUT2D eigenvalue weighted by molar-refractivity contribution is 6.10. The van der Waals surface area contributed by atoms with E-state index in [9.17, 15) is 14.7 Å². The molecule has 0 radical (unpaired) electrons. The van der Waals surface area contributed by atoms with Gasteiger partial charge in [0.1, 0.15) is 17.4 Å². The van der Waals surface area contributed by atoms with Crippen molar-refractivity contribution in [1.82, 2.24) is 10.3 Å². The monoisotopic (exact) mass is 331 g/mol. The molecule has 7 heteroatoms. The van der Waals surface area contributed by atoms with Crippen LogP contribution in [0.2, 0.25) is 0 Å². The van der Waals surface area contributed by atoms with E-state index >= 15 is 0 Å². The van der Waals surface area contributed by atoms with Crippen LogP contribution in [0.3, 0.4) is 0 Å². The minimum atomic E-state index is -0.687. The zero-order chi connectivity index (χ0) is 17.5. The van der Waals surface area contributed by atoms with Crippen LogP contribution >= 0.6 is 0 Å². The van der Waals surface area contributed by atoms with Crippen molar-refractivity contribution < 1.29 is 19.4 Å². The summed E-state index contributed by atoms with van der Waals surface area (Å²) in [7, 11) is 0. The van der Waals surface area contributed by atoms with E-state index in [4.69, 9.17) is 4.74 Å². The molecule has 128 valence electrons. The lowest BCUT2D eigenvalue weighted by Gasteiger charge is -2.04. The molecule has 1 saturated heterocycles. The van der Waals surface area contributed by atoms with Crippen molar-refractivity contribution in [3.63, 3.8) is 0 Å². The van der Waals surface area contributed by atoms with E-state index in [1.807, 2.05) is 35.2 Å². The van der Waals surface area contributed by atoms with E-state index in [-0.39, 0.29) is 29.9 Å². The number of amides is 1. The van der Waals surface area contributed by atoms with Crippen LogP contribution in [0, 0.1) is 0 Å². The molecule has 1 aromatic rings. The van der Waals surface area contributed by atoms with E-state index in [0.29, 0.717) is 13.1 Å². The molecule has 2 rings (SSSR count). The number of benzene rings is 1. The molecular formula is C17H21N3O4. The number of rotatable bonds is 7. The zero-order valence-electron chi connectivity index (χ0n) is 13.7. The molecule has 1 heterocycles. The second-order valence-electron chi connectivity index (χ2n) is 5.38. The number of hydrogen-bond donors (Lipinski definition) is 2. The Morgan fingerprint density at radius 3 is 2.75 bits per heavy atom. The summed E-state index contributed by atoms with van der Waals surface area (Å²) in [5.41, 5.74) is 3.43. The number of hydrazone groups is 1. The molecule has 24 heavy (non-hydrogen) atoms. The fourth-order valence-corrected chi connectivity index (χ4v) is 2.15. The molecule has 7 nitrogen and oxygen atoms in total. The molecule has 1 fully saturated rings. The number of nitrogens with zero attached hydrogens (tertiary/aromatic N) is 2. The van der Waals surface area contributed by atoms with Crippen LogP contribution in [0.25, 0.3) is 0 Å². The van der Waals surface area contributed by atoms with E-state index in [0.717, 1.165) is 11.8 Å². The molecule has 2 atom stereocenters. The summed E-state index contributed by atoms with van der Waals surface area (Å²) in [4.78, 5) is 25.6. The maximum absolute atomic E-state index is 12.0. The molecule has 2 N–H and O–H groups in total. The number of esters is 1. The lowest BCUT2D eigenvalue weighted by molar-refractivity contribution is -0.138. The third-order valence-electron chi connectivity index (χ3n) is 3.50. The number of nitrogens with one attached hydrogen (secondary N) is 1. The molecule has 0 saturated carbocycles. The number of allylic oxidation sites excluding steroid dienone is 1. The third-order valence-corrected chi connectivity index (χ3v) is 3.50. The summed E-state index contributed by atoms with van der Waals surface area (Å²) >= 11 is 0. The van der Waals surface area contributed by atoms with Crippen LogP contribution in [0.15, 0.2) is 46.8 Å². The van der Waals surface area contributed by atoms with Gasteiger partial charge in [0, 0.05) is 13.1 Å². The number of aliphatic hydroxyl groups excluding tert-OH is 1. The second kappa shape index (κ2) is 8.26. The van der Waals surface area contributed by atoms with Crippen molar-refractivity contribution in [2.45, 2.75) is 26.4 Å². The number of hydrogen-bond acceptors (Lipinski definition) is 6. The van der Waals surface area contributed by atoms with Crippen LogP contribution < -0.4 is 5.43 Å². The zero-order valence-corrected chi connectivity index (χ0v) is 13.7. The Hall–Kier alpha value is -2.67. The molecule has 0 aromatic heterocycles. The van der Waals surface area contributed by atoms with Crippen molar-refractivity contribution in [2.75, 3.05) is 13.2 Å². The van der Waals surface area contributed by atoms with Crippen molar-refractivity contribution in [1.29, 1.82) is 0 Å². The lowest BCUT2D eigenvalue weighted by Crippen LogP contribution is -2.26. The maximum atomic E-state index is 12.0. The van der Waals surface area contributed by atoms with Crippen molar-refractivity contribution in [3.8, 4) is 0 Å². The normalized spacial score (nSPS) is 20.4. The van der Waals surface area contributed by atoms with Crippen LogP contribution in [0.4, 0.5) is 0 Å². The smallest absolute Gasteiger partial charge is 0.343 e. The fraction of sp³-hybridized carbons (Fsp3) is 0.353. The van der Waals surface area contributed by atoms with Gasteiger partial charge >= 0.3 is 5.97 Å². The predicted molar refractivity (Wildman–Crippen MR) is 89.2 cm³/mol. The van der Waals surface area contributed by atoms with Gasteiger partial charge in [0.2, 0.25) is 0 Å². The van der Waals surface area contributed by atoms with Gasteiger partial charge in [0.05, 0.1) is 12.8 Å². The van der Waals surface area contributed by atoms with Crippen molar-refractivity contribution >= 4 is 18.1 Å². The Morgan fingerprint density at radius 2 is 2.12 bits per heavy atom. The number of ether oxygens (including phenoxy) is 1. The first kappa shape index (κ1) is 17.7. The molecule has 0 bridgehead atoms. The topological polar surface area (TPSA) is 91.0 Å². The fourth-order valence-electron chi connectivity index (χ4n) is 2.15. The molecule has 1 aliphatic rings. The Morgan fingerprint density at radius 1 is 1.42 bits per heavy atom. The highest BCUT2D eigenvalue weighted by atomic mass is 16.5. The number of carbonyl (C=O) groups excluding carboxylic acids is 2. The Labute approximate surface area is 140 Å². The molecule has 1 amide bonds. The van der Waals surface area contributed by atoms with E-state index in [1.165, 1.54) is 6.92 Å². The molecule has 1 aliphatic heterocycles. The van der Waals surface area contributed by atoms with Gasteiger partial charge in [0.25, 0.3) is 5.91 Å². The van der Waals surface area contributed by atoms with Crippen molar-refractivity contribution in [3.05, 3.63) is 47.2 Å². The molecule has 0 spiro atoms. The van der Waals surface area contributed by atoms with Crippen LogP contribution in [-0.2, 0) is 20.9 Å². The van der Waals surface area contributed by atoms with Gasteiger partial charge in [-0.3, -0.25) is 9.69 Å². The largest absolute Gasteiger partial charge is 0.512 e. The van der Waals surface area contributed by atoms with Gasteiger partial charge in [-0.05, 0) is 19.4 Å². The first-order valence-electron chi connectivity index (χ1n) is 7.70. The van der Waals surface area contributed by atoms with Gasteiger partial charge in [0.15, 0.2) is 0 Å². The summed E-state index contributed by atoms with van der Waals surface area (Å²) < 4.78 is 4.80. The minimum absolute atomic E-state index is 0.0888. The Balaban J connectivity index is 1.83. The van der Waals surface area contributed by atoms with Crippen LogP contribution in [0.1, 0.15) is 19.4 Å². The maximum Gasteiger partial charge on any atom is 0.343 e. The van der Waals surface area contributed by atoms with Crippen LogP contribution in [0.5, 0.6) is 0 Å². The first-order valence-corrected chi connectivity index (χ1v) is 7.70. The molecule has 2 unspecified atom stereocenters. The SMILES string of the molecule is CCOC(=O)/C(C=NNC(=O)C1CN1Cc1ccccc1)=C(\C)O. The third kappa shape index (κ3) is 4.92. The first-order chi connectivity index (χ1) is 11.5. The van der Waals surface area contributed by atoms with E-state index in [1.54, 1.807) is 6.92 Å². The molecule has 0 aliphatic carbocycles. The summed E-state index contributed by atoms with van der Waals surface area (Å²) in [6.45, 7) is 4.56. The lowest BCUT2D eigenvalue weighted by atomic mass is 10.2. The van der Waals surface area contributed by atoms with Gasteiger partial charge in [-0.25, -0.2) is 10.2 Å². The van der Waals surface area contributed by atoms with Crippen LogP contribution in [-0.4, -0.2) is 47.3 Å². The predicted octanol–water partition coefficient (Wildman–Crippen LogP) is 1.37. The minimum Gasteiger partial charge on any atom is -0.512 e. The second-order valence-corrected chi connectivity index (χ2v) is 5.38. The summed E-state index contributed by atoms with van der Waals surface area (Å²) in [6.07, 6.45) is 1.09. The standard InChI is InChI=1S/C17H21N3O4/c1-3-24-17(23)14(12(2)21)9-18-19-16(22)15-11-20(15)10-13-7-5-4-6-8-13/h4-9,15,21H,3,10-11H2,1-2H3,(H,19,22)/b14-12+,18-9?. The van der Waals surface area contributed by atoms with E-state index < -0.39 is 5.97 Å². The quantitative estimate of drug-likeness (QED) is 0.197. The molecular weight excluding hydrogens is 310 g/mol. The highest BCUT2D eigenvalue weighted by Gasteiger charge is 2.40. The number of aliphatic hydroxyl groups is 1.